The normalized spacial score (nSPS) is 17.2. The number of nitrogens with one attached hydrogen (secondary N) is 2. The topological polar surface area (TPSA) is 62.2 Å². The third-order valence-corrected chi connectivity index (χ3v) is 7.15. The second kappa shape index (κ2) is 10.6. The van der Waals surface area contributed by atoms with Gasteiger partial charge in [-0.1, -0.05) is 34.1 Å². The predicted octanol–water partition coefficient (Wildman–Crippen LogP) is 5.94. The number of halogens is 1. The van der Waals surface area contributed by atoms with Crippen LogP contribution in [0.4, 0.5) is 5.69 Å². The lowest BCUT2D eigenvalue weighted by Gasteiger charge is -2.29. The molecule has 1 aliphatic rings. The van der Waals surface area contributed by atoms with Gasteiger partial charge in [0, 0.05) is 46.9 Å². The van der Waals surface area contributed by atoms with Crippen LogP contribution in [0.15, 0.2) is 95.7 Å². The summed E-state index contributed by atoms with van der Waals surface area (Å²) >= 11 is 9.31. The molecule has 2 unspecified atom stereocenters. The lowest BCUT2D eigenvalue weighted by molar-refractivity contribution is -0.116. The molecule has 182 valence electrons. The van der Waals surface area contributed by atoms with Crippen molar-refractivity contribution in [3.05, 3.63) is 113 Å². The molecule has 1 amide bonds. The number of benzene rings is 2. The molecule has 2 aromatic carbocycles. The molecule has 6 nitrogen and oxygen atoms in total. The van der Waals surface area contributed by atoms with Gasteiger partial charge in [0.1, 0.15) is 0 Å². The second-order valence-electron chi connectivity index (χ2n) is 8.77. The molecule has 0 radical (unpaired) electrons. The number of hydrogen-bond acceptors (Lipinski definition) is 3. The summed E-state index contributed by atoms with van der Waals surface area (Å²) in [6.07, 6.45) is 4.15. The van der Waals surface area contributed by atoms with Gasteiger partial charge in [-0.25, -0.2) is 0 Å². The van der Waals surface area contributed by atoms with E-state index >= 15 is 0 Å². The highest BCUT2D eigenvalue weighted by atomic mass is 79.9. The van der Waals surface area contributed by atoms with Crippen LogP contribution < -0.4 is 10.6 Å². The molecule has 4 aromatic rings. The number of thiocarbonyl (C=S) groups is 1. The van der Waals surface area contributed by atoms with Gasteiger partial charge in [-0.15, -0.1) is 0 Å². The van der Waals surface area contributed by atoms with Crippen LogP contribution in [-0.4, -0.2) is 32.0 Å². The molecule has 0 bridgehead atoms. The van der Waals surface area contributed by atoms with Crippen LogP contribution in [0.2, 0.25) is 0 Å². The number of aryl methyl sites for hydroxylation is 1. The first kappa shape index (κ1) is 24.2. The van der Waals surface area contributed by atoms with E-state index in [9.17, 15) is 4.79 Å². The maximum Gasteiger partial charge on any atom is 0.226 e. The highest BCUT2D eigenvalue weighted by molar-refractivity contribution is 9.10. The molecule has 36 heavy (non-hydrogen) atoms. The summed E-state index contributed by atoms with van der Waals surface area (Å²) < 4.78 is 3.19. The molecular formula is C28H26BrN5OS. The number of pyridine rings is 1. The fourth-order valence-electron chi connectivity index (χ4n) is 4.61. The summed E-state index contributed by atoms with van der Waals surface area (Å²) in [4.78, 5) is 19.6. The molecular weight excluding hydrogens is 534 g/mol. The van der Waals surface area contributed by atoms with Crippen molar-refractivity contribution >= 4 is 44.9 Å². The number of amides is 1. The summed E-state index contributed by atoms with van der Waals surface area (Å²) in [5, 5.41) is 7.09. The van der Waals surface area contributed by atoms with Gasteiger partial charge in [0.15, 0.2) is 5.11 Å². The minimum Gasteiger partial charge on any atom is -0.352 e. The summed E-state index contributed by atoms with van der Waals surface area (Å²) in [6, 6.07) is 25.8. The van der Waals surface area contributed by atoms with E-state index in [2.05, 4.69) is 65.4 Å². The fourth-order valence-corrected chi connectivity index (χ4v) is 5.20. The van der Waals surface area contributed by atoms with Crippen LogP contribution in [0, 0.1) is 6.92 Å². The van der Waals surface area contributed by atoms with Crippen molar-refractivity contribution in [1.82, 2.24) is 19.8 Å². The van der Waals surface area contributed by atoms with Crippen LogP contribution in [0.25, 0.3) is 5.69 Å². The molecule has 1 aliphatic heterocycles. The first-order chi connectivity index (χ1) is 17.5. The monoisotopic (exact) mass is 559 g/mol. The predicted molar refractivity (Wildman–Crippen MR) is 150 cm³/mol. The maximum absolute atomic E-state index is 12.8. The molecule has 2 aromatic heterocycles. The van der Waals surface area contributed by atoms with E-state index in [1.54, 1.807) is 6.20 Å². The molecule has 0 aliphatic carbocycles. The molecule has 0 spiro atoms. The Morgan fingerprint density at radius 2 is 1.92 bits per heavy atom. The summed E-state index contributed by atoms with van der Waals surface area (Å²) in [5.74, 6) is -0.0493. The van der Waals surface area contributed by atoms with Crippen molar-refractivity contribution in [1.29, 1.82) is 0 Å². The van der Waals surface area contributed by atoms with Crippen LogP contribution in [-0.2, 0) is 4.79 Å². The Morgan fingerprint density at radius 3 is 2.67 bits per heavy atom. The third kappa shape index (κ3) is 5.20. The number of rotatable bonds is 7. The number of carbonyl (C=O) groups is 1. The molecule has 1 fully saturated rings. The van der Waals surface area contributed by atoms with Gasteiger partial charge in [0.05, 0.1) is 17.8 Å². The Balaban J connectivity index is 1.44. The molecule has 1 saturated heterocycles. The SMILES string of the molecule is Cc1cccc(NC(=O)CCN2C(=S)NC(c3ccccn3)C2c2cccn2-c2ccc(Br)cc2)c1. The van der Waals surface area contributed by atoms with Gasteiger partial charge in [-0.05, 0) is 85.4 Å². The van der Waals surface area contributed by atoms with E-state index in [4.69, 9.17) is 12.2 Å². The summed E-state index contributed by atoms with van der Waals surface area (Å²) in [7, 11) is 0. The smallest absolute Gasteiger partial charge is 0.226 e. The Bertz CT molecular complexity index is 1370. The van der Waals surface area contributed by atoms with E-state index in [0.717, 1.165) is 32.8 Å². The van der Waals surface area contributed by atoms with E-state index in [1.807, 2.05) is 67.6 Å². The highest BCUT2D eigenvalue weighted by Crippen LogP contribution is 2.39. The zero-order valence-corrected chi connectivity index (χ0v) is 22.2. The maximum atomic E-state index is 12.8. The van der Waals surface area contributed by atoms with Gasteiger partial charge in [0.25, 0.3) is 0 Å². The van der Waals surface area contributed by atoms with Crippen LogP contribution in [0.3, 0.4) is 0 Å². The molecule has 3 heterocycles. The molecule has 8 heteroatoms. The third-order valence-electron chi connectivity index (χ3n) is 6.27. The Labute approximate surface area is 224 Å². The van der Waals surface area contributed by atoms with Crippen molar-refractivity contribution in [2.75, 3.05) is 11.9 Å². The second-order valence-corrected chi connectivity index (χ2v) is 10.1. The van der Waals surface area contributed by atoms with E-state index in [0.29, 0.717) is 18.1 Å². The van der Waals surface area contributed by atoms with E-state index < -0.39 is 0 Å². The van der Waals surface area contributed by atoms with Crippen molar-refractivity contribution < 1.29 is 4.79 Å². The first-order valence-electron chi connectivity index (χ1n) is 11.8. The van der Waals surface area contributed by atoms with Crippen LogP contribution >= 0.6 is 28.1 Å². The molecule has 2 N–H and O–H groups in total. The summed E-state index contributed by atoms with van der Waals surface area (Å²) in [6.45, 7) is 2.48. The average molecular weight is 561 g/mol. The lowest BCUT2D eigenvalue weighted by atomic mass is 10.0. The van der Waals surface area contributed by atoms with Gasteiger partial charge in [-0.3, -0.25) is 9.78 Å². The van der Waals surface area contributed by atoms with Crippen molar-refractivity contribution in [3.63, 3.8) is 0 Å². The Kier molecular flexibility index (Phi) is 7.16. The summed E-state index contributed by atoms with van der Waals surface area (Å²) in [5.41, 5.74) is 4.92. The zero-order valence-electron chi connectivity index (χ0n) is 19.8. The zero-order chi connectivity index (χ0) is 25.1. The van der Waals surface area contributed by atoms with Crippen LogP contribution in [0.5, 0.6) is 0 Å². The first-order valence-corrected chi connectivity index (χ1v) is 13.0. The minimum atomic E-state index is -0.150. The number of anilines is 1. The molecule has 5 rings (SSSR count). The molecule has 2 atom stereocenters. The quantitative estimate of drug-likeness (QED) is 0.274. The number of aromatic nitrogens is 2. The van der Waals surface area contributed by atoms with Gasteiger partial charge < -0.3 is 20.1 Å². The average Bonchev–Trinajstić information content (AvgIpc) is 3.48. The Hall–Kier alpha value is -3.49. The van der Waals surface area contributed by atoms with E-state index in [-0.39, 0.29) is 18.0 Å². The van der Waals surface area contributed by atoms with Gasteiger partial charge in [-0.2, -0.15) is 0 Å². The van der Waals surface area contributed by atoms with Gasteiger partial charge in [0.2, 0.25) is 5.91 Å². The highest BCUT2D eigenvalue weighted by Gasteiger charge is 2.41. The number of hydrogen-bond donors (Lipinski definition) is 2. The minimum absolute atomic E-state index is 0.0493. The number of nitrogens with zero attached hydrogens (tertiary/aromatic N) is 3. The molecule has 0 saturated carbocycles. The lowest BCUT2D eigenvalue weighted by Crippen LogP contribution is -2.33. The van der Waals surface area contributed by atoms with Crippen molar-refractivity contribution in [3.8, 4) is 5.69 Å². The van der Waals surface area contributed by atoms with Gasteiger partial charge >= 0.3 is 0 Å². The standard InChI is InChI=1S/C28H26BrN5OS/c1-19-6-4-7-21(18-19)31-25(35)14-17-34-27(26(32-28(34)36)23-8-2-3-15-30-23)24-9-5-16-33(24)22-12-10-20(29)11-13-22/h2-13,15-16,18,26-27H,14,17H2,1H3,(H,31,35)(H,32,36). The van der Waals surface area contributed by atoms with Crippen molar-refractivity contribution in [2.24, 2.45) is 0 Å². The number of carbonyl (C=O) groups excluding carboxylic acids is 1. The van der Waals surface area contributed by atoms with E-state index in [1.165, 1.54) is 0 Å². The van der Waals surface area contributed by atoms with Crippen molar-refractivity contribution in [2.45, 2.75) is 25.4 Å². The van der Waals surface area contributed by atoms with Crippen LogP contribution in [0.1, 0.15) is 35.5 Å². The Morgan fingerprint density at radius 1 is 1.08 bits per heavy atom. The largest absolute Gasteiger partial charge is 0.352 e. The fraction of sp³-hybridized carbons (Fsp3) is 0.179.